The maximum absolute atomic E-state index is 12.4. The van der Waals surface area contributed by atoms with Gasteiger partial charge in [0.2, 0.25) is 0 Å². The number of amides is 1. The molecule has 0 atom stereocenters. The fourth-order valence-electron chi connectivity index (χ4n) is 2.17. The molecule has 132 valence electrons. The Balaban J connectivity index is 2.15. The van der Waals surface area contributed by atoms with Crippen LogP contribution in [0.15, 0.2) is 48.5 Å². The van der Waals surface area contributed by atoms with Crippen LogP contribution >= 0.6 is 0 Å². The minimum atomic E-state index is -0.536. The van der Waals surface area contributed by atoms with Gasteiger partial charge in [-0.15, -0.1) is 0 Å². The fourth-order valence-corrected chi connectivity index (χ4v) is 2.17. The Morgan fingerprint density at radius 3 is 2.56 bits per heavy atom. The monoisotopic (exact) mass is 343 g/mol. The van der Waals surface area contributed by atoms with Crippen LogP contribution in [0.1, 0.15) is 23.7 Å². The fraction of sp³-hybridized carbons (Fsp3) is 0.278. The van der Waals surface area contributed by atoms with E-state index in [2.05, 4.69) is 17.6 Å². The van der Waals surface area contributed by atoms with Crippen LogP contribution in [0.2, 0.25) is 0 Å². The maximum Gasteiger partial charge on any atom is 0.270 e. The van der Waals surface area contributed by atoms with E-state index in [4.69, 9.17) is 4.74 Å². The van der Waals surface area contributed by atoms with Gasteiger partial charge in [-0.1, -0.05) is 25.1 Å². The lowest BCUT2D eigenvalue weighted by Gasteiger charge is -2.12. The van der Waals surface area contributed by atoms with E-state index in [1.165, 1.54) is 18.2 Å². The molecule has 0 aliphatic carbocycles. The number of benzene rings is 2. The second-order valence-electron chi connectivity index (χ2n) is 5.36. The Morgan fingerprint density at radius 1 is 1.12 bits per heavy atom. The minimum absolute atomic E-state index is 0.133. The van der Waals surface area contributed by atoms with E-state index in [0.29, 0.717) is 18.8 Å². The van der Waals surface area contributed by atoms with Crippen molar-refractivity contribution in [2.75, 3.05) is 19.6 Å². The van der Waals surface area contributed by atoms with Crippen LogP contribution in [0.25, 0.3) is 0 Å². The normalized spacial score (nSPS) is 10.3. The molecule has 0 aliphatic rings. The highest BCUT2D eigenvalue weighted by atomic mass is 16.6. The molecule has 2 N–H and O–H groups in total. The number of non-ortho nitro benzene ring substituents is 1. The highest BCUT2D eigenvalue weighted by molar-refractivity contribution is 5.97. The van der Waals surface area contributed by atoms with Crippen molar-refractivity contribution < 1.29 is 14.5 Å². The third-order valence-corrected chi connectivity index (χ3v) is 3.40. The molecule has 0 unspecified atom stereocenters. The molecule has 0 radical (unpaired) electrons. The van der Waals surface area contributed by atoms with Gasteiger partial charge in [0.05, 0.1) is 10.5 Å². The topological polar surface area (TPSA) is 93.5 Å². The van der Waals surface area contributed by atoms with Crippen LogP contribution in [0.5, 0.6) is 11.5 Å². The Morgan fingerprint density at radius 2 is 1.88 bits per heavy atom. The molecule has 2 rings (SSSR count). The van der Waals surface area contributed by atoms with Crippen molar-refractivity contribution in [2.24, 2.45) is 0 Å². The molecule has 0 bridgehead atoms. The summed E-state index contributed by atoms with van der Waals surface area (Å²) in [5, 5.41) is 16.9. The third kappa shape index (κ3) is 5.58. The summed E-state index contributed by atoms with van der Waals surface area (Å²) >= 11 is 0. The van der Waals surface area contributed by atoms with Gasteiger partial charge in [0.15, 0.2) is 0 Å². The summed E-state index contributed by atoms with van der Waals surface area (Å²) < 4.78 is 5.71. The van der Waals surface area contributed by atoms with Crippen LogP contribution in [-0.4, -0.2) is 30.5 Å². The number of carbonyl (C=O) groups is 1. The summed E-state index contributed by atoms with van der Waals surface area (Å²) in [6, 6.07) is 12.9. The van der Waals surface area contributed by atoms with Crippen LogP contribution in [-0.2, 0) is 0 Å². The Labute approximate surface area is 146 Å². The summed E-state index contributed by atoms with van der Waals surface area (Å²) in [6.07, 6.45) is 1.01. The number of nitrogens with zero attached hydrogens (tertiary/aromatic N) is 1. The van der Waals surface area contributed by atoms with Gasteiger partial charge in [-0.05, 0) is 31.2 Å². The molecule has 25 heavy (non-hydrogen) atoms. The van der Waals surface area contributed by atoms with Crippen molar-refractivity contribution in [2.45, 2.75) is 13.3 Å². The van der Waals surface area contributed by atoms with Gasteiger partial charge < -0.3 is 15.4 Å². The van der Waals surface area contributed by atoms with Gasteiger partial charge in [0, 0.05) is 25.2 Å². The average Bonchev–Trinajstić information content (AvgIpc) is 2.62. The first kappa shape index (κ1) is 18.4. The van der Waals surface area contributed by atoms with Crippen LogP contribution in [0.4, 0.5) is 5.69 Å². The third-order valence-electron chi connectivity index (χ3n) is 3.40. The van der Waals surface area contributed by atoms with Crippen molar-refractivity contribution in [3.63, 3.8) is 0 Å². The molecule has 0 saturated heterocycles. The molecule has 0 fully saturated rings. The van der Waals surface area contributed by atoms with Gasteiger partial charge in [0.25, 0.3) is 11.6 Å². The van der Waals surface area contributed by atoms with Crippen LogP contribution in [0.3, 0.4) is 0 Å². The van der Waals surface area contributed by atoms with Crippen molar-refractivity contribution in [3.8, 4) is 11.5 Å². The number of rotatable bonds is 9. The van der Waals surface area contributed by atoms with Gasteiger partial charge in [-0.3, -0.25) is 14.9 Å². The maximum atomic E-state index is 12.4. The molecule has 7 nitrogen and oxygen atoms in total. The summed E-state index contributed by atoms with van der Waals surface area (Å²) in [6.45, 7) is 3.98. The van der Waals surface area contributed by atoms with Gasteiger partial charge in [-0.25, -0.2) is 0 Å². The second kappa shape index (κ2) is 9.39. The quantitative estimate of drug-likeness (QED) is 0.414. The summed E-state index contributed by atoms with van der Waals surface area (Å²) in [4.78, 5) is 22.9. The molecule has 0 aliphatic heterocycles. The number of para-hydroxylation sites is 1. The smallest absolute Gasteiger partial charge is 0.270 e. The first-order chi connectivity index (χ1) is 12.1. The predicted molar refractivity (Wildman–Crippen MR) is 95.1 cm³/mol. The van der Waals surface area contributed by atoms with Gasteiger partial charge in [-0.2, -0.15) is 0 Å². The van der Waals surface area contributed by atoms with E-state index in [9.17, 15) is 14.9 Å². The van der Waals surface area contributed by atoms with Crippen LogP contribution in [0, 0.1) is 10.1 Å². The largest absolute Gasteiger partial charge is 0.457 e. The minimum Gasteiger partial charge on any atom is -0.457 e. The zero-order valence-corrected chi connectivity index (χ0v) is 14.0. The lowest BCUT2D eigenvalue weighted by atomic mass is 10.1. The molecule has 7 heteroatoms. The predicted octanol–water partition coefficient (Wildman–Crippen LogP) is 3.12. The lowest BCUT2D eigenvalue weighted by Crippen LogP contribution is -2.32. The van der Waals surface area contributed by atoms with Crippen molar-refractivity contribution in [3.05, 3.63) is 64.2 Å². The lowest BCUT2D eigenvalue weighted by molar-refractivity contribution is -0.384. The zero-order chi connectivity index (χ0) is 18.1. The van der Waals surface area contributed by atoms with E-state index >= 15 is 0 Å². The highest BCUT2D eigenvalue weighted by Gasteiger charge is 2.18. The summed E-state index contributed by atoms with van der Waals surface area (Å²) in [5.74, 6) is 0.416. The molecule has 0 saturated carbocycles. The first-order valence-corrected chi connectivity index (χ1v) is 8.12. The number of nitro benzene ring substituents is 1. The first-order valence-electron chi connectivity index (χ1n) is 8.12. The van der Waals surface area contributed by atoms with Crippen molar-refractivity contribution >= 4 is 11.6 Å². The van der Waals surface area contributed by atoms with Gasteiger partial charge >= 0.3 is 0 Å². The Bertz CT molecular complexity index is 720. The van der Waals surface area contributed by atoms with Crippen molar-refractivity contribution in [1.82, 2.24) is 10.6 Å². The number of nitro groups is 1. The molecule has 0 heterocycles. The number of ether oxygens (including phenoxy) is 1. The van der Waals surface area contributed by atoms with Crippen molar-refractivity contribution in [1.29, 1.82) is 0 Å². The average molecular weight is 343 g/mol. The second-order valence-corrected chi connectivity index (χ2v) is 5.36. The molecule has 2 aromatic rings. The zero-order valence-electron chi connectivity index (χ0n) is 14.0. The van der Waals surface area contributed by atoms with Crippen LogP contribution < -0.4 is 15.4 Å². The number of carbonyl (C=O) groups excluding carboxylic acids is 1. The molecular formula is C18H21N3O4. The van der Waals surface area contributed by atoms with E-state index < -0.39 is 10.8 Å². The standard InChI is InChI=1S/C18H21N3O4/c1-2-10-19-11-12-20-18(22)16-13-14(21(23)24)8-9-17(16)25-15-6-4-3-5-7-15/h3-9,13,19H,2,10-12H2,1H3,(H,20,22). The van der Waals surface area contributed by atoms with E-state index in [1.807, 2.05) is 6.07 Å². The summed E-state index contributed by atoms with van der Waals surface area (Å²) in [7, 11) is 0. The highest BCUT2D eigenvalue weighted by Crippen LogP contribution is 2.28. The Hall–Kier alpha value is -2.93. The molecule has 0 aromatic heterocycles. The molecule has 0 spiro atoms. The summed E-state index contributed by atoms with van der Waals surface area (Å²) in [5.41, 5.74) is -0.0248. The van der Waals surface area contributed by atoms with Gasteiger partial charge in [0.1, 0.15) is 11.5 Å². The number of hydrogen-bond donors (Lipinski definition) is 2. The number of hydrogen-bond acceptors (Lipinski definition) is 5. The van der Waals surface area contributed by atoms with E-state index in [-0.39, 0.29) is 17.0 Å². The van der Waals surface area contributed by atoms with E-state index in [1.54, 1.807) is 24.3 Å². The van der Waals surface area contributed by atoms with E-state index in [0.717, 1.165) is 13.0 Å². The molecule has 2 aromatic carbocycles. The molecular weight excluding hydrogens is 322 g/mol. The SMILES string of the molecule is CCCNCCNC(=O)c1cc([N+](=O)[O-])ccc1Oc1ccccc1. The Kier molecular flexibility index (Phi) is 6.91. The molecule has 1 amide bonds. The number of nitrogens with one attached hydrogen (secondary N) is 2.